The highest BCUT2D eigenvalue weighted by Crippen LogP contribution is 2.21. The molecule has 204 valence electrons. The summed E-state index contributed by atoms with van der Waals surface area (Å²) in [5.74, 6) is -1.22. The van der Waals surface area contributed by atoms with Crippen LogP contribution in [-0.2, 0) is 26.1 Å². The number of carbonyl (C=O) groups excluding carboxylic acids is 3. The molecule has 0 bridgehead atoms. The normalized spacial score (nSPS) is 13.4. The summed E-state index contributed by atoms with van der Waals surface area (Å²) in [6, 6.07) is 16.1. The van der Waals surface area contributed by atoms with Crippen molar-refractivity contribution in [2.75, 3.05) is 48.7 Å². The fraction of sp³-hybridized carbons (Fsp3) is 0.259. The van der Waals surface area contributed by atoms with Gasteiger partial charge in [-0.05, 0) is 48.0 Å². The molecule has 3 amide bonds. The van der Waals surface area contributed by atoms with E-state index in [-0.39, 0.29) is 29.4 Å². The van der Waals surface area contributed by atoms with Gasteiger partial charge in [0.05, 0.1) is 36.4 Å². The molecule has 0 unspecified atom stereocenters. The maximum absolute atomic E-state index is 12.9. The fourth-order valence-electron chi connectivity index (χ4n) is 4.01. The summed E-state index contributed by atoms with van der Waals surface area (Å²) in [7, 11) is -3.85. The highest BCUT2D eigenvalue weighted by molar-refractivity contribution is 7.92. The standard InChI is InChI=1S/C27H29N5O6S/c1-39(36,37)32(22-10-8-21(9-11-22)27(35)31-13-15-38-16-14-31)19-25(33)30-24-7-3-2-6-23(24)26(34)29-18-20-5-4-12-28-17-20/h2-12,17H,13-16,18-19H2,1H3,(H,29,34)(H,30,33). The molecule has 0 radical (unpaired) electrons. The average molecular weight is 552 g/mol. The molecular formula is C27H29N5O6S. The summed E-state index contributed by atoms with van der Waals surface area (Å²) >= 11 is 0. The predicted octanol–water partition coefficient (Wildman–Crippen LogP) is 1.89. The highest BCUT2D eigenvalue weighted by atomic mass is 32.2. The summed E-state index contributed by atoms with van der Waals surface area (Å²) in [4.78, 5) is 44.1. The number of hydrogen-bond donors (Lipinski definition) is 2. The molecule has 0 saturated carbocycles. The Labute approximate surface area is 226 Å². The third-order valence-corrected chi connectivity index (χ3v) is 7.15. The highest BCUT2D eigenvalue weighted by Gasteiger charge is 2.23. The number of pyridine rings is 1. The van der Waals surface area contributed by atoms with Gasteiger partial charge in [-0.25, -0.2) is 8.42 Å². The lowest BCUT2D eigenvalue weighted by Gasteiger charge is -2.27. The summed E-state index contributed by atoms with van der Waals surface area (Å²) in [6.45, 7) is 1.63. The van der Waals surface area contributed by atoms with Gasteiger partial charge in [0.25, 0.3) is 11.8 Å². The first-order chi connectivity index (χ1) is 18.7. The first-order valence-corrected chi connectivity index (χ1v) is 14.1. The molecule has 1 aliphatic heterocycles. The molecule has 0 aliphatic carbocycles. The largest absolute Gasteiger partial charge is 0.378 e. The van der Waals surface area contributed by atoms with Gasteiger partial charge in [0, 0.05) is 37.6 Å². The van der Waals surface area contributed by atoms with Crippen molar-refractivity contribution in [3.63, 3.8) is 0 Å². The lowest BCUT2D eigenvalue weighted by molar-refractivity contribution is -0.114. The number of ether oxygens (including phenoxy) is 1. The third kappa shape index (κ3) is 7.39. The molecule has 3 aromatic rings. The van der Waals surface area contributed by atoms with Crippen LogP contribution in [0.3, 0.4) is 0 Å². The van der Waals surface area contributed by atoms with Crippen LogP contribution in [0.5, 0.6) is 0 Å². The second kappa shape index (κ2) is 12.5. The van der Waals surface area contributed by atoms with E-state index < -0.39 is 28.4 Å². The van der Waals surface area contributed by atoms with E-state index in [1.807, 2.05) is 6.07 Å². The van der Waals surface area contributed by atoms with Gasteiger partial charge in [-0.2, -0.15) is 0 Å². The minimum Gasteiger partial charge on any atom is -0.378 e. The van der Waals surface area contributed by atoms with Crippen LogP contribution in [-0.4, -0.2) is 75.1 Å². The molecule has 2 heterocycles. The number of amides is 3. The molecule has 2 aromatic carbocycles. The van der Waals surface area contributed by atoms with Crippen molar-refractivity contribution in [3.05, 3.63) is 89.7 Å². The van der Waals surface area contributed by atoms with E-state index >= 15 is 0 Å². The molecular weight excluding hydrogens is 522 g/mol. The van der Waals surface area contributed by atoms with Gasteiger partial charge in [0.2, 0.25) is 15.9 Å². The Morgan fingerprint density at radius 3 is 2.38 bits per heavy atom. The minimum absolute atomic E-state index is 0.174. The summed E-state index contributed by atoms with van der Waals surface area (Å²) < 4.78 is 31.4. The van der Waals surface area contributed by atoms with Crippen LogP contribution in [0.4, 0.5) is 11.4 Å². The third-order valence-electron chi connectivity index (χ3n) is 6.01. The van der Waals surface area contributed by atoms with E-state index in [1.165, 1.54) is 24.3 Å². The Kier molecular flexibility index (Phi) is 8.89. The molecule has 11 nitrogen and oxygen atoms in total. The van der Waals surface area contributed by atoms with E-state index in [2.05, 4.69) is 15.6 Å². The fourth-order valence-corrected chi connectivity index (χ4v) is 4.87. The van der Waals surface area contributed by atoms with Crippen LogP contribution < -0.4 is 14.9 Å². The first-order valence-electron chi connectivity index (χ1n) is 12.2. The quantitative estimate of drug-likeness (QED) is 0.414. The zero-order valence-electron chi connectivity index (χ0n) is 21.4. The molecule has 1 saturated heterocycles. The van der Waals surface area contributed by atoms with Crippen molar-refractivity contribution in [1.29, 1.82) is 0 Å². The van der Waals surface area contributed by atoms with Crippen LogP contribution in [0.1, 0.15) is 26.3 Å². The predicted molar refractivity (Wildman–Crippen MR) is 146 cm³/mol. The second-order valence-electron chi connectivity index (χ2n) is 8.86. The molecule has 39 heavy (non-hydrogen) atoms. The zero-order chi connectivity index (χ0) is 27.8. The van der Waals surface area contributed by atoms with Crippen molar-refractivity contribution in [3.8, 4) is 0 Å². The maximum atomic E-state index is 12.9. The van der Waals surface area contributed by atoms with Gasteiger partial charge in [-0.15, -0.1) is 0 Å². The van der Waals surface area contributed by atoms with E-state index in [9.17, 15) is 22.8 Å². The molecule has 1 aliphatic rings. The van der Waals surface area contributed by atoms with Gasteiger partial charge < -0.3 is 20.3 Å². The Morgan fingerprint density at radius 2 is 1.72 bits per heavy atom. The first kappa shape index (κ1) is 27.7. The monoisotopic (exact) mass is 551 g/mol. The van der Waals surface area contributed by atoms with Crippen molar-refractivity contribution in [2.24, 2.45) is 0 Å². The number of para-hydroxylation sites is 1. The number of nitrogens with zero attached hydrogens (tertiary/aromatic N) is 3. The van der Waals surface area contributed by atoms with Gasteiger partial charge in [-0.3, -0.25) is 23.7 Å². The van der Waals surface area contributed by atoms with Crippen molar-refractivity contribution in [1.82, 2.24) is 15.2 Å². The number of carbonyl (C=O) groups is 3. The Hall–Kier alpha value is -4.29. The number of rotatable bonds is 9. The summed E-state index contributed by atoms with van der Waals surface area (Å²) in [6.07, 6.45) is 4.26. The Balaban J connectivity index is 1.44. The van der Waals surface area contributed by atoms with E-state index in [0.717, 1.165) is 16.1 Å². The minimum atomic E-state index is -3.85. The van der Waals surface area contributed by atoms with Crippen LogP contribution >= 0.6 is 0 Å². The van der Waals surface area contributed by atoms with Gasteiger partial charge >= 0.3 is 0 Å². The van der Waals surface area contributed by atoms with Crippen LogP contribution in [0.2, 0.25) is 0 Å². The molecule has 12 heteroatoms. The van der Waals surface area contributed by atoms with Crippen molar-refractivity contribution >= 4 is 39.1 Å². The average Bonchev–Trinajstić information content (AvgIpc) is 2.95. The number of hydrogen-bond acceptors (Lipinski definition) is 7. The molecule has 0 spiro atoms. The number of benzene rings is 2. The van der Waals surface area contributed by atoms with Gasteiger partial charge in [-0.1, -0.05) is 18.2 Å². The van der Waals surface area contributed by atoms with Crippen LogP contribution in [0.15, 0.2) is 73.1 Å². The number of nitrogens with one attached hydrogen (secondary N) is 2. The molecule has 4 rings (SSSR count). The second-order valence-corrected chi connectivity index (χ2v) is 10.8. The molecule has 1 fully saturated rings. The summed E-state index contributed by atoms with van der Waals surface area (Å²) in [5, 5.41) is 5.43. The van der Waals surface area contributed by atoms with Crippen molar-refractivity contribution < 1.29 is 27.5 Å². The number of aromatic nitrogens is 1. The molecule has 1 aromatic heterocycles. The smallest absolute Gasteiger partial charge is 0.254 e. The topological polar surface area (TPSA) is 138 Å². The lowest BCUT2D eigenvalue weighted by atomic mass is 10.1. The number of sulfonamides is 1. The SMILES string of the molecule is CS(=O)(=O)N(CC(=O)Nc1ccccc1C(=O)NCc1cccnc1)c1ccc(C(=O)N2CCOCC2)cc1. The lowest BCUT2D eigenvalue weighted by Crippen LogP contribution is -2.40. The van der Waals surface area contributed by atoms with Crippen molar-refractivity contribution in [2.45, 2.75) is 6.54 Å². The van der Waals surface area contributed by atoms with E-state index in [1.54, 1.807) is 47.6 Å². The van der Waals surface area contributed by atoms with E-state index in [0.29, 0.717) is 31.9 Å². The van der Waals surface area contributed by atoms with Gasteiger partial charge in [0.1, 0.15) is 6.54 Å². The number of anilines is 2. The van der Waals surface area contributed by atoms with Gasteiger partial charge in [0.15, 0.2) is 0 Å². The maximum Gasteiger partial charge on any atom is 0.254 e. The molecule has 2 N–H and O–H groups in total. The van der Waals surface area contributed by atoms with Crippen LogP contribution in [0, 0.1) is 0 Å². The summed E-state index contributed by atoms with van der Waals surface area (Å²) in [5.41, 5.74) is 1.92. The Bertz CT molecular complexity index is 1420. The molecule has 0 atom stereocenters. The van der Waals surface area contributed by atoms with E-state index in [4.69, 9.17) is 4.74 Å². The van der Waals surface area contributed by atoms with Crippen LogP contribution in [0.25, 0.3) is 0 Å². The Morgan fingerprint density at radius 1 is 1.00 bits per heavy atom. The number of morpholine rings is 1. The zero-order valence-corrected chi connectivity index (χ0v) is 22.2.